The number of benzene rings is 1. The fraction of sp³-hybridized carbons (Fsp3) is 0.417. The van der Waals surface area contributed by atoms with Gasteiger partial charge in [0.2, 0.25) is 10.0 Å². The molecule has 1 rings (SSSR count). The average molecular weight is 302 g/mol. The zero-order valence-corrected chi connectivity index (χ0v) is 12.8. The van der Waals surface area contributed by atoms with Crippen LogP contribution in [0.1, 0.15) is 19.4 Å². The number of likely N-dealkylation sites (N-methyl/N-ethyl adjacent to an activating group) is 1. The lowest BCUT2D eigenvalue weighted by molar-refractivity contribution is 0.0640. The van der Waals surface area contributed by atoms with Crippen LogP contribution in [0, 0.1) is 0 Å². The SMILES string of the molecule is CN(CC(C)(C)O)S(=O)(=O)c1ccc(C(N)=S)cc1. The molecule has 1 aromatic carbocycles. The Labute approximate surface area is 119 Å². The number of nitrogens with zero attached hydrogens (tertiary/aromatic N) is 1. The Balaban J connectivity index is 3.03. The van der Waals surface area contributed by atoms with Gasteiger partial charge in [0, 0.05) is 19.2 Å². The minimum absolute atomic E-state index is 0.00634. The van der Waals surface area contributed by atoms with Gasteiger partial charge >= 0.3 is 0 Å². The molecule has 7 heteroatoms. The first-order valence-corrected chi connectivity index (χ1v) is 7.47. The summed E-state index contributed by atoms with van der Waals surface area (Å²) < 4.78 is 25.6. The topological polar surface area (TPSA) is 83.6 Å². The van der Waals surface area contributed by atoms with Crippen molar-refractivity contribution in [2.24, 2.45) is 5.73 Å². The number of aliphatic hydroxyl groups is 1. The second kappa shape index (κ2) is 5.54. The standard InChI is InChI=1S/C12H18N2O3S2/c1-12(2,15)8-14(3)19(16,17)10-6-4-9(5-7-10)11(13)18/h4-7,15H,8H2,1-3H3,(H2,13,18). The molecule has 3 N–H and O–H groups in total. The van der Waals surface area contributed by atoms with Crippen molar-refractivity contribution in [3.8, 4) is 0 Å². The number of sulfonamides is 1. The number of rotatable bonds is 5. The van der Waals surface area contributed by atoms with E-state index in [2.05, 4.69) is 0 Å². The van der Waals surface area contributed by atoms with Crippen molar-refractivity contribution in [3.05, 3.63) is 29.8 Å². The van der Waals surface area contributed by atoms with Gasteiger partial charge in [-0.1, -0.05) is 24.4 Å². The molecule has 19 heavy (non-hydrogen) atoms. The van der Waals surface area contributed by atoms with E-state index in [4.69, 9.17) is 18.0 Å². The maximum Gasteiger partial charge on any atom is 0.242 e. The zero-order valence-electron chi connectivity index (χ0n) is 11.1. The van der Waals surface area contributed by atoms with E-state index in [0.29, 0.717) is 5.56 Å². The Kier molecular flexibility index (Phi) is 4.67. The maximum absolute atomic E-state index is 12.2. The molecule has 0 aliphatic rings. The van der Waals surface area contributed by atoms with E-state index in [-0.39, 0.29) is 16.4 Å². The summed E-state index contributed by atoms with van der Waals surface area (Å²) in [6, 6.07) is 6.02. The van der Waals surface area contributed by atoms with E-state index >= 15 is 0 Å². The minimum Gasteiger partial charge on any atom is -0.389 e. The molecule has 0 saturated carbocycles. The van der Waals surface area contributed by atoms with Gasteiger partial charge in [0.1, 0.15) is 4.99 Å². The molecule has 0 unspecified atom stereocenters. The fourth-order valence-corrected chi connectivity index (χ4v) is 3.06. The molecular weight excluding hydrogens is 284 g/mol. The first-order valence-electron chi connectivity index (χ1n) is 5.62. The number of hydrogen-bond acceptors (Lipinski definition) is 4. The Morgan fingerprint density at radius 2 is 1.84 bits per heavy atom. The van der Waals surface area contributed by atoms with E-state index in [9.17, 15) is 13.5 Å². The maximum atomic E-state index is 12.2. The fourth-order valence-electron chi connectivity index (χ4n) is 1.60. The molecular formula is C12H18N2O3S2. The van der Waals surface area contributed by atoms with Crippen LogP contribution in [0.25, 0.3) is 0 Å². The minimum atomic E-state index is -3.63. The molecule has 0 atom stereocenters. The highest BCUT2D eigenvalue weighted by molar-refractivity contribution is 7.89. The van der Waals surface area contributed by atoms with Crippen LogP contribution in [-0.2, 0) is 10.0 Å². The van der Waals surface area contributed by atoms with Gasteiger partial charge in [0.15, 0.2) is 0 Å². The summed E-state index contributed by atoms with van der Waals surface area (Å²) in [6.07, 6.45) is 0. The van der Waals surface area contributed by atoms with Crippen molar-refractivity contribution in [1.82, 2.24) is 4.31 Å². The van der Waals surface area contributed by atoms with E-state index in [1.165, 1.54) is 19.2 Å². The largest absolute Gasteiger partial charge is 0.389 e. The number of nitrogens with two attached hydrogens (primary N) is 1. The summed E-state index contributed by atoms with van der Waals surface area (Å²) in [5.41, 5.74) is 4.97. The molecule has 0 aromatic heterocycles. The lowest BCUT2D eigenvalue weighted by Crippen LogP contribution is -2.39. The van der Waals surface area contributed by atoms with Crippen LogP contribution in [0.2, 0.25) is 0 Å². The molecule has 5 nitrogen and oxygen atoms in total. The van der Waals surface area contributed by atoms with Crippen LogP contribution in [0.4, 0.5) is 0 Å². The smallest absolute Gasteiger partial charge is 0.242 e. The summed E-state index contributed by atoms with van der Waals surface area (Å²) in [5.74, 6) is 0. The Hall–Kier alpha value is -1.02. The molecule has 0 saturated heterocycles. The van der Waals surface area contributed by atoms with Crippen LogP contribution in [0.5, 0.6) is 0 Å². The zero-order chi connectivity index (χ0) is 14.8. The van der Waals surface area contributed by atoms with Gasteiger partial charge in [-0.15, -0.1) is 0 Å². The Morgan fingerprint density at radius 1 is 1.37 bits per heavy atom. The molecule has 0 aliphatic carbocycles. The predicted molar refractivity (Wildman–Crippen MR) is 78.4 cm³/mol. The highest BCUT2D eigenvalue weighted by Gasteiger charge is 2.26. The van der Waals surface area contributed by atoms with Gasteiger partial charge in [-0.3, -0.25) is 0 Å². The van der Waals surface area contributed by atoms with E-state index < -0.39 is 15.6 Å². The summed E-state index contributed by atoms with van der Waals surface area (Å²) in [6.45, 7) is 3.11. The van der Waals surface area contributed by atoms with Crippen molar-refractivity contribution in [1.29, 1.82) is 0 Å². The molecule has 0 radical (unpaired) electrons. The Morgan fingerprint density at radius 3 is 2.21 bits per heavy atom. The molecule has 0 bridgehead atoms. The van der Waals surface area contributed by atoms with Crippen LogP contribution in [-0.4, -0.2) is 42.0 Å². The summed E-state index contributed by atoms with van der Waals surface area (Å²) >= 11 is 4.81. The molecule has 1 aromatic rings. The quantitative estimate of drug-likeness (QED) is 0.783. The molecule has 0 spiro atoms. The highest BCUT2D eigenvalue weighted by Crippen LogP contribution is 2.17. The van der Waals surface area contributed by atoms with Crippen LogP contribution in [0.3, 0.4) is 0 Å². The van der Waals surface area contributed by atoms with Crippen LogP contribution in [0.15, 0.2) is 29.2 Å². The van der Waals surface area contributed by atoms with Gasteiger partial charge < -0.3 is 10.8 Å². The van der Waals surface area contributed by atoms with Crippen LogP contribution < -0.4 is 5.73 Å². The second-order valence-electron chi connectivity index (χ2n) is 4.96. The summed E-state index contributed by atoms with van der Waals surface area (Å²) in [7, 11) is -2.20. The van der Waals surface area contributed by atoms with Gasteiger partial charge in [0.05, 0.1) is 10.5 Å². The third kappa shape index (κ3) is 4.24. The van der Waals surface area contributed by atoms with Gasteiger partial charge in [-0.25, -0.2) is 8.42 Å². The van der Waals surface area contributed by atoms with Crippen molar-refractivity contribution in [3.63, 3.8) is 0 Å². The van der Waals surface area contributed by atoms with Crippen molar-refractivity contribution >= 4 is 27.2 Å². The van der Waals surface area contributed by atoms with Gasteiger partial charge in [0.25, 0.3) is 0 Å². The first kappa shape index (κ1) is 16.0. The third-order valence-electron chi connectivity index (χ3n) is 2.46. The monoisotopic (exact) mass is 302 g/mol. The second-order valence-corrected chi connectivity index (χ2v) is 7.45. The van der Waals surface area contributed by atoms with Crippen molar-refractivity contribution < 1.29 is 13.5 Å². The van der Waals surface area contributed by atoms with E-state index in [1.807, 2.05) is 0 Å². The summed E-state index contributed by atoms with van der Waals surface area (Å²) in [4.78, 5) is 0.355. The average Bonchev–Trinajstić information content (AvgIpc) is 2.26. The van der Waals surface area contributed by atoms with Crippen molar-refractivity contribution in [2.75, 3.05) is 13.6 Å². The molecule has 0 aliphatic heterocycles. The summed E-state index contributed by atoms with van der Waals surface area (Å²) in [5, 5.41) is 9.68. The Bertz CT molecular complexity index is 560. The molecule has 0 amide bonds. The lowest BCUT2D eigenvalue weighted by Gasteiger charge is -2.25. The van der Waals surface area contributed by atoms with E-state index in [1.54, 1.807) is 26.0 Å². The normalized spacial score (nSPS) is 12.7. The predicted octanol–water partition coefficient (Wildman–Crippen LogP) is 0.712. The van der Waals surface area contributed by atoms with Gasteiger partial charge in [-0.05, 0) is 26.0 Å². The van der Waals surface area contributed by atoms with Gasteiger partial charge in [-0.2, -0.15) is 4.31 Å². The highest BCUT2D eigenvalue weighted by atomic mass is 32.2. The van der Waals surface area contributed by atoms with Crippen molar-refractivity contribution in [2.45, 2.75) is 24.3 Å². The number of thiocarbonyl (C=S) groups is 1. The van der Waals surface area contributed by atoms with Crippen LogP contribution >= 0.6 is 12.2 Å². The van der Waals surface area contributed by atoms with E-state index in [0.717, 1.165) is 4.31 Å². The lowest BCUT2D eigenvalue weighted by atomic mass is 10.1. The molecule has 0 heterocycles. The molecule has 0 fully saturated rings. The number of hydrogen-bond donors (Lipinski definition) is 2. The third-order valence-corrected chi connectivity index (χ3v) is 4.51. The first-order chi connectivity index (χ1) is 8.54. The molecule has 106 valence electrons.